The van der Waals surface area contributed by atoms with E-state index in [1.165, 1.54) is 24.1 Å². The molecule has 0 saturated heterocycles. The van der Waals surface area contributed by atoms with Gasteiger partial charge in [0.2, 0.25) is 0 Å². The summed E-state index contributed by atoms with van der Waals surface area (Å²) >= 11 is 0. The second kappa shape index (κ2) is 7.24. The number of amides is 1. The summed E-state index contributed by atoms with van der Waals surface area (Å²) in [5.41, 5.74) is 0.383. The van der Waals surface area contributed by atoms with Crippen molar-refractivity contribution in [1.82, 2.24) is 15.1 Å². The quantitative estimate of drug-likeness (QED) is 0.825. The van der Waals surface area contributed by atoms with Crippen molar-refractivity contribution >= 4 is 11.9 Å². The molecule has 0 aliphatic rings. The molecular weight excluding hydrogens is 343 g/mol. The highest BCUT2D eigenvalue weighted by Crippen LogP contribution is 2.22. The minimum atomic E-state index is -4.72. The molecule has 0 spiro atoms. The normalized spacial score (nSPS) is 12.5. The lowest BCUT2D eigenvalue weighted by Gasteiger charge is -2.15. The van der Waals surface area contributed by atoms with Crippen LogP contribution in [0.3, 0.4) is 0 Å². The number of carbonyl (C=O) groups excluding carboxylic acids is 1. The highest BCUT2D eigenvalue weighted by Gasteiger charge is 2.36. The number of nitrogens with zero attached hydrogens (tertiary/aromatic N) is 2. The van der Waals surface area contributed by atoms with Crippen LogP contribution >= 0.6 is 0 Å². The summed E-state index contributed by atoms with van der Waals surface area (Å²) < 4.78 is 43.4. The molecule has 1 heterocycles. The van der Waals surface area contributed by atoms with Crippen LogP contribution in [-0.4, -0.2) is 46.1 Å². The zero-order valence-corrected chi connectivity index (χ0v) is 12.9. The van der Waals surface area contributed by atoms with Crippen LogP contribution in [0.15, 0.2) is 36.5 Å². The highest BCUT2D eigenvalue weighted by molar-refractivity contribution is 5.94. The molecule has 1 aromatic carbocycles. The zero-order valence-electron chi connectivity index (χ0n) is 12.9. The van der Waals surface area contributed by atoms with Gasteiger partial charge in [-0.15, -0.1) is 0 Å². The van der Waals surface area contributed by atoms with E-state index in [0.717, 1.165) is 0 Å². The first-order chi connectivity index (χ1) is 11.7. The number of alkyl halides is 3. The molecule has 10 heteroatoms. The number of halogens is 3. The minimum absolute atomic E-state index is 0.204. The first kappa shape index (κ1) is 18.3. The Morgan fingerprint density at radius 1 is 1.28 bits per heavy atom. The maximum Gasteiger partial charge on any atom is 0.391 e. The highest BCUT2D eigenvalue weighted by atomic mass is 19.4. The molecule has 0 fully saturated rings. The summed E-state index contributed by atoms with van der Waals surface area (Å²) in [5.74, 6) is -2.17. The Bertz CT molecular complexity index is 756. The Kier molecular flexibility index (Phi) is 5.30. The van der Waals surface area contributed by atoms with Gasteiger partial charge < -0.3 is 15.2 Å². The van der Waals surface area contributed by atoms with Crippen molar-refractivity contribution in [3.8, 4) is 11.4 Å². The summed E-state index contributed by atoms with van der Waals surface area (Å²) in [6, 6.07) is 5.85. The van der Waals surface area contributed by atoms with Gasteiger partial charge in [-0.05, 0) is 30.3 Å². The Morgan fingerprint density at radius 2 is 1.92 bits per heavy atom. The van der Waals surface area contributed by atoms with E-state index in [2.05, 4.69) is 5.10 Å². The first-order valence-electron chi connectivity index (χ1n) is 7.00. The van der Waals surface area contributed by atoms with Gasteiger partial charge in [-0.2, -0.15) is 18.3 Å². The maximum absolute atomic E-state index is 12.4. The Labute approximate surface area is 140 Å². The number of benzene rings is 1. The van der Waals surface area contributed by atoms with E-state index in [1.54, 1.807) is 24.3 Å². The van der Waals surface area contributed by atoms with Gasteiger partial charge in [-0.3, -0.25) is 4.79 Å². The van der Waals surface area contributed by atoms with Crippen LogP contribution in [0.5, 0.6) is 5.75 Å². The number of nitrogens with one attached hydrogen (secondary N) is 1. The maximum atomic E-state index is 12.4. The summed E-state index contributed by atoms with van der Waals surface area (Å²) in [6.07, 6.45) is -4.97. The molecule has 7 nitrogen and oxygen atoms in total. The van der Waals surface area contributed by atoms with Crippen molar-refractivity contribution in [2.24, 2.45) is 0 Å². The molecule has 0 bridgehead atoms. The molecule has 2 aromatic rings. The van der Waals surface area contributed by atoms with Crippen molar-refractivity contribution in [3.63, 3.8) is 0 Å². The molecule has 1 unspecified atom stereocenters. The van der Waals surface area contributed by atoms with Crippen LogP contribution in [-0.2, 0) is 4.79 Å². The molecule has 25 heavy (non-hydrogen) atoms. The monoisotopic (exact) mass is 357 g/mol. The van der Waals surface area contributed by atoms with Crippen LogP contribution in [0.2, 0.25) is 0 Å². The third-order valence-corrected chi connectivity index (χ3v) is 3.20. The average molecular weight is 357 g/mol. The third kappa shape index (κ3) is 4.96. The number of aromatic nitrogens is 2. The predicted molar refractivity (Wildman–Crippen MR) is 79.7 cm³/mol. The number of carboxylic acids is 1. The van der Waals surface area contributed by atoms with E-state index in [4.69, 9.17) is 9.84 Å². The number of aliphatic carboxylic acids is 1. The Balaban J connectivity index is 2.12. The molecule has 2 rings (SSSR count). The Hall–Kier alpha value is -3.04. The molecule has 134 valence electrons. The van der Waals surface area contributed by atoms with Gasteiger partial charge in [-0.25, -0.2) is 9.48 Å². The van der Waals surface area contributed by atoms with E-state index >= 15 is 0 Å². The van der Waals surface area contributed by atoms with Crippen molar-refractivity contribution in [3.05, 3.63) is 42.2 Å². The van der Waals surface area contributed by atoms with E-state index in [9.17, 15) is 22.8 Å². The van der Waals surface area contributed by atoms with E-state index < -0.39 is 30.5 Å². The van der Waals surface area contributed by atoms with Crippen molar-refractivity contribution < 1.29 is 32.6 Å². The van der Waals surface area contributed by atoms with Gasteiger partial charge >= 0.3 is 12.1 Å². The lowest BCUT2D eigenvalue weighted by molar-refractivity contribution is -0.157. The molecule has 1 aromatic heterocycles. The molecule has 0 aliphatic heterocycles. The van der Waals surface area contributed by atoms with Gasteiger partial charge in [0.15, 0.2) is 5.69 Å². The smallest absolute Gasteiger partial charge is 0.391 e. The first-order valence-corrected chi connectivity index (χ1v) is 7.00. The molecular formula is C15H14F3N3O4. The molecule has 0 radical (unpaired) electrons. The number of ether oxygens (including phenoxy) is 1. The number of hydrogen-bond donors (Lipinski definition) is 2. The van der Waals surface area contributed by atoms with Gasteiger partial charge in [0, 0.05) is 6.20 Å². The summed E-state index contributed by atoms with van der Waals surface area (Å²) in [7, 11) is 1.51. The molecule has 0 saturated carbocycles. The summed E-state index contributed by atoms with van der Waals surface area (Å²) in [5, 5.41) is 14.6. The lowest BCUT2D eigenvalue weighted by atomic mass is 10.2. The van der Waals surface area contributed by atoms with Crippen molar-refractivity contribution in [1.29, 1.82) is 0 Å². The van der Waals surface area contributed by atoms with Gasteiger partial charge in [-0.1, -0.05) is 0 Å². The second-order valence-corrected chi connectivity index (χ2v) is 5.03. The van der Waals surface area contributed by atoms with Crippen LogP contribution in [0.1, 0.15) is 16.9 Å². The fraction of sp³-hybridized carbons (Fsp3) is 0.267. The van der Waals surface area contributed by atoms with Crippen LogP contribution in [0.4, 0.5) is 13.2 Å². The van der Waals surface area contributed by atoms with E-state index in [0.29, 0.717) is 11.4 Å². The Morgan fingerprint density at radius 3 is 2.44 bits per heavy atom. The van der Waals surface area contributed by atoms with E-state index in [-0.39, 0.29) is 5.69 Å². The standard InChI is InChI=1S/C15H14F3N3O4/c1-25-10-4-2-9(3-5-10)21-7-6-11(20-21)13(22)19-12(14(23)24)8-15(16,17)18/h2-7,12H,8H2,1H3,(H,19,22)(H,23,24). The molecule has 1 atom stereocenters. The van der Waals surface area contributed by atoms with Crippen molar-refractivity contribution in [2.75, 3.05) is 7.11 Å². The van der Waals surface area contributed by atoms with Crippen LogP contribution < -0.4 is 10.1 Å². The number of rotatable bonds is 6. The fourth-order valence-corrected chi connectivity index (χ4v) is 1.99. The topological polar surface area (TPSA) is 93.5 Å². The average Bonchev–Trinajstić information content (AvgIpc) is 3.03. The lowest BCUT2D eigenvalue weighted by Crippen LogP contribution is -2.43. The zero-order chi connectivity index (χ0) is 18.6. The molecule has 1 amide bonds. The number of hydrogen-bond acceptors (Lipinski definition) is 4. The number of carbonyl (C=O) groups is 2. The summed E-state index contributed by atoms with van der Waals surface area (Å²) in [6.45, 7) is 0. The number of methoxy groups -OCH3 is 1. The fourth-order valence-electron chi connectivity index (χ4n) is 1.99. The van der Waals surface area contributed by atoms with Crippen LogP contribution in [0, 0.1) is 0 Å². The van der Waals surface area contributed by atoms with Crippen LogP contribution in [0.25, 0.3) is 5.69 Å². The molecule has 0 aliphatic carbocycles. The van der Waals surface area contributed by atoms with Crippen molar-refractivity contribution in [2.45, 2.75) is 18.6 Å². The van der Waals surface area contributed by atoms with Gasteiger partial charge in [0.05, 0.1) is 19.2 Å². The predicted octanol–water partition coefficient (Wildman–Crippen LogP) is 2.02. The van der Waals surface area contributed by atoms with Gasteiger partial charge in [0.1, 0.15) is 11.8 Å². The minimum Gasteiger partial charge on any atom is -0.497 e. The summed E-state index contributed by atoms with van der Waals surface area (Å²) in [4.78, 5) is 22.8. The number of carboxylic acid groups (broad SMARTS) is 1. The largest absolute Gasteiger partial charge is 0.497 e. The van der Waals surface area contributed by atoms with E-state index in [1.807, 2.05) is 5.32 Å². The molecule has 2 N–H and O–H groups in total. The SMILES string of the molecule is COc1ccc(-n2ccc(C(=O)NC(CC(F)(F)F)C(=O)O)n2)cc1. The van der Waals surface area contributed by atoms with Gasteiger partial charge in [0.25, 0.3) is 5.91 Å². The third-order valence-electron chi connectivity index (χ3n) is 3.20. The second-order valence-electron chi connectivity index (χ2n) is 5.03.